The third-order valence-corrected chi connectivity index (χ3v) is 4.42. The van der Waals surface area contributed by atoms with Crippen LogP contribution in [0.5, 0.6) is 0 Å². The van der Waals surface area contributed by atoms with E-state index in [0.717, 1.165) is 17.7 Å². The van der Waals surface area contributed by atoms with Crippen LogP contribution < -0.4 is 4.80 Å². The van der Waals surface area contributed by atoms with E-state index in [1.54, 1.807) is 4.90 Å². The molecule has 23 heavy (non-hydrogen) atoms. The highest BCUT2D eigenvalue weighted by Crippen LogP contribution is 2.23. The minimum atomic E-state index is -0.480. The quantitative estimate of drug-likeness (QED) is 0.871. The van der Waals surface area contributed by atoms with Crippen LogP contribution in [0.1, 0.15) is 31.9 Å². The number of carbonyl (C=O) groups is 1. The lowest BCUT2D eigenvalue weighted by Crippen LogP contribution is -2.39. The summed E-state index contributed by atoms with van der Waals surface area (Å²) < 4.78 is 7.31. The number of hydrogen-bond acceptors (Lipinski definition) is 4. The number of thiazole rings is 1. The fraction of sp³-hybridized carbons (Fsp3) is 0.412. The molecule has 0 saturated carbocycles. The fourth-order valence-corrected chi connectivity index (χ4v) is 3.25. The van der Waals surface area contributed by atoms with E-state index in [4.69, 9.17) is 10.1 Å². The van der Waals surface area contributed by atoms with Crippen molar-refractivity contribution < 1.29 is 9.53 Å². The minimum absolute atomic E-state index is 0.266. The van der Waals surface area contributed by atoms with Gasteiger partial charge < -0.3 is 9.64 Å². The Kier molecular flexibility index (Phi) is 4.02. The van der Waals surface area contributed by atoms with Gasteiger partial charge in [0.25, 0.3) is 0 Å². The summed E-state index contributed by atoms with van der Waals surface area (Å²) in [5.74, 6) is 0. The van der Waals surface area contributed by atoms with Gasteiger partial charge in [0.15, 0.2) is 4.80 Å². The number of aromatic nitrogens is 1. The highest BCUT2D eigenvalue weighted by atomic mass is 32.1. The monoisotopic (exact) mass is 331 g/mol. The molecule has 6 heteroatoms. The number of nitrogens with zero attached hydrogens (tertiary/aromatic N) is 2. The van der Waals surface area contributed by atoms with Crippen LogP contribution in [0.4, 0.5) is 4.79 Å². The van der Waals surface area contributed by atoms with Crippen molar-refractivity contribution in [3.63, 3.8) is 0 Å². The molecule has 0 spiro atoms. The van der Waals surface area contributed by atoms with Gasteiger partial charge in [-0.1, -0.05) is 6.07 Å². The van der Waals surface area contributed by atoms with Crippen molar-refractivity contribution in [2.45, 2.75) is 39.3 Å². The Hall–Kier alpha value is -2.08. The third kappa shape index (κ3) is 3.47. The smallest absolute Gasteiger partial charge is 0.410 e. The van der Waals surface area contributed by atoms with Gasteiger partial charge in [-0.15, -0.1) is 11.3 Å². The summed E-state index contributed by atoms with van der Waals surface area (Å²) >= 11 is 1.39. The van der Waals surface area contributed by atoms with E-state index < -0.39 is 5.60 Å². The lowest BCUT2D eigenvalue weighted by molar-refractivity contribution is 0.0224. The predicted octanol–water partition coefficient (Wildman–Crippen LogP) is 3.31. The summed E-state index contributed by atoms with van der Waals surface area (Å²) in [5, 5.41) is 9.83. The average Bonchev–Trinajstić information content (AvgIpc) is 2.90. The Morgan fingerprint density at radius 1 is 1.30 bits per heavy atom. The van der Waals surface area contributed by atoms with Crippen LogP contribution in [0, 0.1) is 5.41 Å². The van der Waals surface area contributed by atoms with E-state index in [9.17, 15) is 4.79 Å². The molecule has 0 unspecified atom stereocenters. The molecule has 2 heterocycles. The van der Waals surface area contributed by atoms with Crippen LogP contribution in [0.15, 0.2) is 29.8 Å². The van der Waals surface area contributed by atoms with Crippen LogP contribution in [-0.4, -0.2) is 27.7 Å². The molecule has 0 aliphatic carbocycles. The van der Waals surface area contributed by atoms with Crippen molar-refractivity contribution in [3.8, 4) is 5.69 Å². The van der Waals surface area contributed by atoms with E-state index in [-0.39, 0.29) is 6.09 Å². The normalized spacial score (nSPS) is 14.5. The first kappa shape index (κ1) is 15.8. The van der Waals surface area contributed by atoms with Gasteiger partial charge in [0, 0.05) is 30.4 Å². The van der Waals surface area contributed by atoms with E-state index in [2.05, 4.69) is 12.1 Å². The molecule has 1 aliphatic rings. The first-order valence-corrected chi connectivity index (χ1v) is 8.52. The zero-order valence-electron chi connectivity index (χ0n) is 13.6. The van der Waals surface area contributed by atoms with Crippen molar-refractivity contribution in [1.29, 1.82) is 5.41 Å². The number of nitrogens with one attached hydrogen (secondary N) is 1. The average molecular weight is 331 g/mol. The summed E-state index contributed by atoms with van der Waals surface area (Å²) in [5.41, 5.74) is 2.86. The minimum Gasteiger partial charge on any atom is -0.444 e. The topological polar surface area (TPSA) is 58.3 Å². The van der Waals surface area contributed by atoms with Crippen molar-refractivity contribution in [1.82, 2.24) is 9.47 Å². The second-order valence-electron chi connectivity index (χ2n) is 6.68. The maximum atomic E-state index is 12.3. The van der Waals surface area contributed by atoms with Crippen molar-refractivity contribution in [2.75, 3.05) is 6.54 Å². The fourth-order valence-electron chi connectivity index (χ4n) is 2.66. The number of benzene rings is 1. The molecule has 1 amide bonds. The number of carbonyl (C=O) groups excluding carboxylic acids is 1. The number of hydrogen-bond donors (Lipinski definition) is 1. The molecule has 0 bridgehead atoms. The molecule has 0 atom stereocenters. The lowest BCUT2D eigenvalue weighted by Gasteiger charge is -2.31. The molecule has 1 aromatic heterocycles. The second-order valence-corrected chi connectivity index (χ2v) is 7.58. The Bertz CT molecular complexity index is 786. The molecule has 0 fully saturated rings. The van der Waals surface area contributed by atoms with Gasteiger partial charge in [0.1, 0.15) is 5.60 Å². The molecule has 122 valence electrons. The van der Waals surface area contributed by atoms with E-state index >= 15 is 0 Å². The summed E-state index contributed by atoms with van der Waals surface area (Å²) in [6.45, 7) is 6.87. The van der Waals surface area contributed by atoms with Gasteiger partial charge in [-0.25, -0.2) is 4.79 Å². The van der Waals surface area contributed by atoms with Gasteiger partial charge in [0.05, 0.1) is 0 Å². The van der Waals surface area contributed by atoms with Crippen LogP contribution in [0.3, 0.4) is 0 Å². The third-order valence-electron chi connectivity index (χ3n) is 3.74. The highest BCUT2D eigenvalue weighted by Gasteiger charge is 2.25. The van der Waals surface area contributed by atoms with Crippen LogP contribution in [-0.2, 0) is 17.7 Å². The van der Waals surface area contributed by atoms with Gasteiger partial charge in [0.2, 0.25) is 0 Å². The Labute approximate surface area is 139 Å². The first-order valence-electron chi connectivity index (χ1n) is 7.64. The molecule has 0 saturated heterocycles. The molecular weight excluding hydrogens is 310 g/mol. The summed E-state index contributed by atoms with van der Waals surface area (Å²) in [6, 6.07) is 6.20. The molecule has 2 aromatic rings. The van der Waals surface area contributed by atoms with E-state index in [0.29, 0.717) is 17.9 Å². The second kappa shape index (κ2) is 5.85. The molecular formula is C17H21N3O2S. The van der Waals surface area contributed by atoms with Gasteiger partial charge >= 0.3 is 6.09 Å². The zero-order valence-corrected chi connectivity index (χ0v) is 14.4. The Morgan fingerprint density at radius 3 is 2.74 bits per heavy atom. The first-order chi connectivity index (χ1) is 10.8. The Morgan fingerprint density at radius 2 is 2.09 bits per heavy atom. The van der Waals surface area contributed by atoms with Crippen molar-refractivity contribution in [2.24, 2.45) is 0 Å². The van der Waals surface area contributed by atoms with Gasteiger partial charge in [-0.05, 0) is 50.5 Å². The van der Waals surface area contributed by atoms with E-state index in [1.807, 2.05) is 43.0 Å². The molecule has 5 nitrogen and oxygen atoms in total. The Balaban J connectivity index is 1.84. The molecule has 1 aliphatic heterocycles. The highest BCUT2D eigenvalue weighted by molar-refractivity contribution is 7.07. The van der Waals surface area contributed by atoms with Gasteiger partial charge in [-0.2, -0.15) is 0 Å². The molecule has 1 N–H and O–H groups in total. The number of ether oxygens (including phenoxy) is 1. The summed E-state index contributed by atoms with van der Waals surface area (Å²) in [6.07, 6.45) is 2.46. The number of fused-ring (bicyclic) bond motifs is 1. The number of amides is 1. The van der Waals surface area contributed by atoms with Crippen LogP contribution >= 0.6 is 11.3 Å². The molecule has 3 rings (SSSR count). The number of rotatable bonds is 1. The SMILES string of the molecule is CC(C)(C)OC(=O)N1CCc2ccc(-n3ccsc3=N)cc2C1. The maximum Gasteiger partial charge on any atom is 0.410 e. The standard InChI is InChI=1S/C17H21N3O2S/c1-17(2,3)22-16(21)19-7-6-12-4-5-14(10-13(12)11-19)20-8-9-23-15(20)18/h4-5,8-10,18H,6-7,11H2,1-3H3. The summed E-state index contributed by atoms with van der Waals surface area (Å²) in [7, 11) is 0. The zero-order chi connectivity index (χ0) is 16.6. The predicted molar refractivity (Wildman–Crippen MR) is 89.8 cm³/mol. The van der Waals surface area contributed by atoms with Gasteiger partial charge in [-0.3, -0.25) is 9.98 Å². The van der Waals surface area contributed by atoms with Crippen molar-refractivity contribution in [3.05, 3.63) is 45.7 Å². The van der Waals surface area contributed by atoms with Crippen LogP contribution in [0.2, 0.25) is 0 Å². The molecule has 0 radical (unpaired) electrons. The maximum absolute atomic E-state index is 12.3. The summed E-state index contributed by atoms with van der Waals surface area (Å²) in [4.78, 5) is 14.5. The van der Waals surface area contributed by atoms with E-state index in [1.165, 1.54) is 16.9 Å². The van der Waals surface area contributed by atoms with Crippen molar-refractivity contribution >= 4 is 17.4 Å². The largest absolute Gasteiger partial charge is 0.444 e. The molecule has 1 aromatic carbocycles. The lowest BCUT2D eigenvalue weighted by atomic mass is 9.99. The van der Waals surface area contributed by atoms with Crippen LogP contribution in [0.25, 0.3) is 5.69 Å².